The summed E-state index contributed by atoms with van der Waals surface area (Å²) in [5, 5.41) is 27.2. The van der Waals surface area contributed by atoms with E-state index in [4.69, 9.17) is 15.3 Å². The lowest BCUT2D eigenvalue weighted by atomic mass is 10.3. The SMILES string of the molecule is O=C=CN1CCN(CC(=O)O)CCN(CC(=O)O)CCN(CC(=O)O)CC1. The summed E-state index contributed by atoms with van der Waals surface area (Å²) >= 11 is 0. The molecule has 1 aliphatic heterocycles. The second-order valence-electron chi connectivity index (χ2n) is 6.29. The minimum absolute atomic E-state index is 0.190. The summed E-state index contributed by atoms with van der Waals surface area (Å²) in [6.07, 6.45) is 1.24. The molecule has 0 aromatic rings. The molecule has 0 radical (unpaired) electrons. The lowest BCUT2D eigenvalue weighted by Crippen LogP contribution is -2.47. The zero-order chi connectivity index (χ0) is 20.2. The molecule has 0 aromatic carbocycles. The van der Waals surface area contributed by atoms with E-state index in [-0.39, 0.29) is 19.6 Å². The minimum Gasteiger partial charge on any atom is -0.480 e. The molecular weight excluding hydrogens is 360 g/mol. The fourth-order valence-corrected chi connectivity index (χ4v) is 2.80. The van der Waals surface area contributed by atoms with Crippen molar-refractivity contribution in [3.63, 3.8) is 0 Å². The Hall–Kier alpha value is -2.46. The smallest absolute Gasteiger partial charge is 0.317 e. The van der Waals surface area contributed by atoms with Gasteiger partial charge in [-0.3, -0.25) is 29.1 Å². The number of carboxylic acids is 3. The molecule has 0 bridgehead atoms. The van der Waals surface area contributed by atoms with Crippen LogP contribution < -0.4 is 0 Å². The third-order valence-corrected chi connectivity index (χ3v) is 4.18. The van der Waals surface area contributed by atoms with Crippen LogP contribution >= 0.6 is 0 Å². The third-order valence-electron chi connectivity index (χ3n) is 4.18. The molecular formula is C16H26N4O7. The van der Waals surface area contributed by atoms with Gasteiger partial charge in [0.25, 0.3) is 0 Å². The third kappa shape index (κ3) is 10.3. The molecule has 11 nitrogen and oxygen atoms in total. The first kappa shape index (κ1) is 22.6. The first-order valence-corrected chi connectivity index (χ1v) is 8.57. The Morgan fingerprint density at radius 3 is 1.22 bits per heavy atom. The predicted molar refractivity (Wildman–Crippen MR) is 94.1 cm³/mol. The number of nitrogens with zero attached hydrogens (tertiary/aromatic N) is 4. The van der Waals surface area contributed by atoms with Gasteiger partial charge >= 0.3 is 17.9 Å². The van der Waals surface area contributed by atoms with Crippen LogP contribution in [0, 0.1) is 0 Å². The molecule has 0 saturated carbocycles. The largest absolute Gasteiger partial charge is 0.480 e. The van der Waals surface area contributed by atoms with Gasteiger partial charge in [0.15, 0.2) is 0 Å². The van der Waals surface area contributed by atoms with Crippen molar-refractivity contribution in [2.75, 3.05) is 72.0 Å². The summed E-state index contributed by atoms with van der Waals surface area (Å²) in [6, 6.07) is 0. The van der Waals surface area contributed by atoms with Crippen LogP contribution in [-0.4, -0.2) is 131 Å². The van der Waals surface area contributed by atoms with E-state index in [1.807, 2.05) is 0 Å². The summed E-state index contributed by atoms with van der Waals surface area (Å²) in [5.41, 5.74) is 0. The second-order valence-corrected chi connectivity index (χ2v) is 6.29. The van der Waals surface area contributed by atoms with Crippen LogP contribution in [0.4, 0.5) is 0 Å². The van der Waals surface area contributed by atoms with Crippen LogP contribution in [0.1, 0.15) is 0 Å². The number of rotatable bonds is 7. The maximum atomic E-state index is 11.1. The number of hydrogen-bond acceptors (Lipinski definition) is 8. The summed E-state index contributed by atoms with van der Waals surface area (Å²) in [5.74, 6) is -1.28. The van der Waals surface area contributed by atoms with Crippen LogP contribution in [0.5, 0.6) is 0 Å². The van der Waals surface area contributed by atoms with Crippen molar-refractivity contribution in [2.45, 2.75) is 0 Å². The van der Waals surface area contributed by atoms with Crippen LogP contribution in [0.25, 0.3) is 0 Å². The van der Waals surface area contributed by atoms with E-state index >= 15 is 0 Å². The number of aliphatic carboxylic acids is 3. The van der Waals surface area contributed by atoms with Gasteiger partial charge in [0.1, 0.15) is 5.94 Å². The highest BCUT2D eigenvalue weighted by Crippen LogP contribution is 2.01. The summed E-state index contributed by atoms with van der Waals surface area (Å²) in [7, 11) is 0. The standard InChI is InChI=1S/C16H26N4O7/c21-10-9-17-1-3-18(11-14(22)23)5-7-20(13-16(26)27)8-6-19(4-2-17)12-15(24)25/h9H,1-8,11-13H2,(H,22,23)(H,24,25)(H,26,27). The van der Waals surface area contributed by atoms with E-state index in [1.54, 1.807) is 25.5 Å². The quantitative estimate of drug-likeness (QED) is 0.411. The highest BCUT2D eigenvalue weighted by Gasteiger charge is 2.19. The van der Waals surface area contributed by atoms with Crippen LogP contribution in [-0.2, 0) is 19.2 Å². The number of carboxylic acid groups (broad SMARTS) is 3. The summed E-state index contributed by atoms with van der Waals surface area (Å²) < 4.78 is 0. The fraction of sp³-hybridized carbons (Fsp3) is 0.688. The Labute approximate surface area is 157 Å². The molecule has 1 rings (SSSR count). The molecule has 0 atom stereocenters. The topological polar surface area (TPSA) is 142 Å². The first-order chi connectivity index (χ1) is 12.8. The molecule has 1 saturated heterocycles. The van der Waals surface area contributed by atoms with Gasteiger partial charge < -0.3 is 20.2 Å². The summed E-state index contributed by atoms with van der Waals surface area (Å²) in [4.78, 5) is 50.6. The maximum absolute atomic E-state index is 11.1. The molecule has 1 heterocycles. The lowest BCUT2D eigenvalue weighted by Gasteiger charge is -2.32. The van der Waals surface area contributed by atoms with Gasteiger partial charge in [-0.15, -0.1) is 0 Å². The molecule has 152 valence electrons. The highest BCUT2D eigenvalue weighted by molar-refractivity contribution is 5.69. The van der Waals surface area contributed by atoms with Gasteiger partial charge in [0, 0.05) is 52.4 Å². The Morgan fingerprint density at radius 2 is 0.963 bits per heavy atom. The van der Waals surface area contributed by atoms with Crippen LogP contribution in [0.15, 0.2) is 6.20 Å². The van der Waals surface area contributed by atoms with E-state index in [2.05, 4.69) is 0 Å². The second kappa shape index (κ2) is 12.0. The van der Waals surface area contributed by atoms with Crippen LogP contribution in [0.3, 0.4) is 0 Å². The Morgan fingerprint density at radius 1 is 0.667 bits per heavy atom. The van der Waals surface area contributed by atoms with Gasteiger partial charge in [0.05, 0.1) is 25.8 Å². The van der Waals surface area contributed by atoms with Crippen molar-refractivity contribution in [1.82, 2.24) is 19.6 Å². The van der Waals surface area contributed by atoms with E-state index in [1.165, 1.54) is 6.20 Å². The number of carbonyl (C=O) groups is 3. The average molecular weight is 386 g/mol. The van der Waals surface area contributed by atoms with E-state index in [0.717, 1.165) is 0 Å². The molecule has 11 heteroatoms. The Kier molecular flexibility index (Phi) is 10.1. The highest BCUT2D eigenvalue weighted by atomic mass is 16.4. The molecule has 3 N–H and O–H groups in total. The van der Waals surface area contributed by atoms with E-state index in [9.17, 15) is 19.2 Å². The molecule has 0 spiro atoms. The molecule has 1 aliphatic rings. The zero-order valence-corrected chi connectivity index (χ0v) is 15.1. The zero-order valence-electron chi connectivity index (χ0n) is 15.1. The Balaban J connectivity index is 2.89. The predicted octanol–water partition coefficient (Wildman–Crippen LogP) is -2.19. The van der Waals surface area contributed by atoms with Crippen LogP contribution in [0.2, 0.25) is 0 Å². The monoisotopic (exact) mass is 386 g/mol. The van der Waals surface area contributed by atoms with Crippen molar-refractivity contribution >= 4 is 23.8 Å². The van der Waals surface area contributed by atoms with Gasteiger partial charge in [-0.2, -0.15) is 0 Å². The number of hydrogen-bond donors (Lipinski definition) is 3. The normalized spacial score (nSPS) is 18.7. The number of carbonyl (C=O) groups excluding carboxylic acids is 1. The van der Waals surface area contributed by atoms with Crippen molar-refractivity contribution < 1.29 is 34.5 Å². The molecule has 0 unspecified atom stereocenters. The average Bonchev–Trinajstić information content (AvgIpc) is 2.56. The molecule has 1 fully saturated rings. The van der Waals surface area contributed by atoms with Gasteiger partial charge in [-0.25, -0.2) is 4.79 Å². The Bertz CT molecular complexity index is 533. The molecule has 0 aliphatic carbocycles. The molecule has 0 amide bonds. The van der Waals surface area contributed by atoms with E-state index in [0.29, 0.717) is 52.4 Å². The van der Waals surface area contributed by atoms with E-state index < -0.39 is 17.9 Å². The summed E-state index contributed by atoms with van der Waals surface area (Å²) in [6.45, 7) is 2.26. The van der Waals surface area contributed by atoms with Crippen molar-refractivity contribution in [2.24, 2.45) is 0 Å². The van der Waals surface area contributed by atoms with Crippen molar-refractivity contribution in [3.05, 3.63) is 6.20 Å². The lowest BCUT2D eigenvalue weighted by molar-refractivity contribution is -0.140. The van der Waals surface area contributed by atoms with Crippen molar-refractivity contribution in [3.8, 4) is 0 Å². The molecule has 0 aromatic heterocycles. The van der Waals surface area contributed by atoms with Crippen molar-refractivity contribution in [1.29, 1.82) is 0 Å². The van der Waals surface area contributed by atoms with Gasteiger partial charge in [0.2, 0.25) is 0 Å². The first-order valence-electron chi connectivity index (χ1n) is 8.57. The maximum Gasteiger partial charge on any atom is 0.317 e. The van der Waals surface area contributed by atoms with Gasteiger partial charge in [-0.05, 0) is 0 Å². The minimum atomic E-state index is -1.00. The molecule has 27 heavy (non-hydrogen) atoms. The van der Waals surface area contributed by atoms with Gasteiger partial charge in [-0.1, -0.05) is 0 Å². The fourth-order valence-electron chi connectivity index (χ4n) is 2.80.